The molecule has 0 fully saturated rings. The first kappa shape index (κ1) is 26.6. The zero-order valence-corrected chi connectivity index (χ0v) is 21.7. The molecule has 0 heterocycles. The Morgan fingerprint density at radius 2 is 1.65 bits per heavy atom. The number of rotatable bonds is 10. The average molecular weight is 501 g/mol. The molecule has 0 radical (unpaired) electrons. The summed E-state index contributed by atoms with van der Waals surface area (Å²) in [5.41, 5.74) is 3.68. The van der Waals surface area contributed by atoms with E-state index in [1.807, 2.05) is 26.0 Å². The smallest absolute Gasteiger partial charge is 0.331 e. The monoisotopic (exact) mass is 500 g/mol. The molecule has 1 amide bonds. The summed E-state index contributed by atoms with van der Waals surface area (Å²) in [4.78, 5) is 23.9. The molecular weight excluding hydrogens is 464 g/mol. The first-order valence-corrected chi connectivity index (χ1v) is 13.1. The Bertz CT molecular complexity index is 1260. The molecule has 6 nitrogen and oxygen atoms in total. The average Bonchev–Trinajstić information content (AvgIpc) is 2.91. The van der Waals surface area contributed by atoms with E-state index in [0.29, 0.717) is 18.5 Å². The summed E-state index contributed by atoms with van der Waals surface area (Å²) >= 11 is 0. The third-order valence-corrected chi connectivity index (χ3v) is 7.10. The number of hydrogen-bond acceptors (Lipinski definition) is 4. The van der Waals surface area contributed by atoms with Crippen LogP contribution >= 0.6 is 0 Å². The van der Waals surface area contributed by atoms with Gasteiger partial charge < -0.3 is 20.5 Å². The van der Waals surface area contributed by atoms with Crippen molar-refractivity contribution in [2.75, 3.05) is 0 Å². The molecule has 0 saturated heterocycles. The Kier molecular flexibility index (Phi) is 8.74. The van der Waals surface area contributed by atoms with Crippen LogP contribution in [0, 0.1) is 0 Å². The van der Waals surface area contributed by atoms with Gasteiger partial charge >= 0.3 is 5.97 Å². The Morgan fingerprint density at radius 3 is 2.30 bits per heavy atom. The predicted molar refractivity (Wildman–Crippen MR) is 147 cm³/mol. The van der Waals surface area contributed by atoms with Crippen molar-refractivity contribution in [3.63, 3.8) is 0 Å². The minimum Gasteiger partial charge on any atom is -0.478 e. The van der Waals surface area contributed by atoms with Crippen LogP contribution in [-0.4, -0.2) is 41.3 Å². The van der Waals surface area contributed by atoms with Gasteiger partial charge in [0.1, 0.15) is 0 Å². The summed E-state index contributed by atoms with van der Waals surface area (Å²) in [5.74, 6) is -1.12. The van der Waals surface area contributed by atoms with Gasteiger partial charge in [0.05, 0.1) is 18.2 Å². The lowest BCUT2D eigenvalue weighted by atomic mass is 9.87. The highest BCUT2D eigenvalue weighted by atomic mass is 16.5. The molecular formula is C31H36N2O4. The van der Waals surface area contributed by atoms with E-state index in [9.17, 15) is 14.7 Å². The minimum atomic E-state index is -0.953. The van der Waals surface area contributed by atoms with Gasteiger partial charge in [-0.05, 0) is 58.9 Å². The van der Waals surface area contributed by atoms with Gasteiger partial charge in [0.2, 0.25) is 5.91 Å². The van der Waals surface area contributed by atoms with Crippen molar-refractivity contribution in [3.8, 4) is 11.1 Å². The highest BCUT2D eigenvalue weighted by Crippen LogP contribution is 2.27. The lowest BCUT2D eigenvalue weighted by Crippen LogP contribution is -2.58. The van der Waals surface area contributed by atoms with E-state index in [1.54, 1.807) is 6.08 Å². The number of carbonyl (C=O) groups is 2. The van der Waals surface area contributed by atoms with Crippen LogP contribution in [-0.2, 0) is 20.9 Å². The van der Waals surface area contributed by atoms with Crippen LogP contribution in [0.25, 0.3) is 21.9 Å². The first-order chi connectivity index (χ1) is 17.9. The Morgan fingerprint density at radius 1 is 0.973 bits per heavy atom. The fourth-order valence-corrected chi connectivity index (χ4v) is 5.00. The topological polar surface area (TPSA) is 87.7 Å². The van der Waals surface area contributed by atoms with Gasteiger partial charge in [0, 0.05) is 25.1 Å². The second-order valence-corrected chi connectivity index (χ2v) is 9.71. The van der Waals surface area contributed by atoms with Crippen LogP contribution in [0.4, 0.5) is 0 Å². The zero-order valence-electron chi connectivity index (χ0n) is 21.7. The van der Waals surface area contributed by atoms with Crippen molar-refractivity contribution in [3.05, 3.63) is 83.9 Å². The van der Waals surface area contributed by atoms with Crippen LogP contribution in [0.1, 0.15) is 45.6 Å². The van der Waals surface area contributed by atoms with Gasteiger partial charge in [-0.3, -0.25) is 4.79 Å². The molecule has 1 aliphatic carbocycles. The Labute approximate surface area is 218 Å². The molecule has 0 saturated carbocycles. The summed E-state index contributed by atoms with van der Waals surface area (Å²) in [5, 5.41) is 18.7. The highest BCUT2D eigenvalue weighted by Gasteiger charge is 2.37. The zero-order chi connectivity index (χ0) is 26.4. The van der Waals surface area contributed by atoms with E-state index < -0.39 is 12.1 Å². The van der Waals surface area contributed by atoms with E-state index in [4.69, 9.17) is 4.74 Å². The van der Waals surface area contributed by atoms with Crippen molar-refractivity contribution < 1.29 is 19.4 Å². The van der Waals surface area contributed by atoms with E-state index >= 15 is 0 Å². The molecule has 3 atom stereocenters. The number of ether oxygens (including phenoxy) is 1. The van der Waals surface area contributed by atoms with Gasteiger partial charge in [0.25, 0.3) is 0 Å². The third-order valence-electron chi connectivity index (χ3n) is 7.10. The SMILES string of the molecule is CCC(CC)O[C@@H]1C=C(C(=O)O)C[C@H](NCc2ccc(-c3ccc4ccccc4c3)cc2)[C@H]1NC(C)=O. The number of amides is 1. The van der Waals surface area contributed by atoms with Crippen molar-refractivity contribution in [2.24, 2.45) is 0 Å². The maximum absolute atomic E-state index is 12.0. The van der Waals surface area contributed by atoms with Crippen LogP contribution in [0.2, 0.25) is 0 Å². The summed E-state index contributed by atoms with van der Waals surface area (Å²) in [6.07, 6.45) is 3.08. The van der Waals surface area contributed by atoms with Gasteiger partial charge in [-0.2, -0.15) is 0 Å². The second-order valence-electron chi connectivity index (χ2n) is 9.71. The molecule has 0 aliphatic heterocycles. The molecule has 4 rings (SSSR count). The number of hydrogen-bond donors (Lipinski definition) is 3. The number of carbonyl (C=O) groups excluding carboxylic acids is 1. The lowest BCUT2D eigenvalue weighted by Gasteiger charge is -2.38. The lowest BCUT2D eigenvalue weighted by molar-refractivity contribution is -0.133. The fourth-order valence-electron chi connectivity index (χ4n) is 5.00. The molecule has 0 spiro atoms. The van der Waals surface area contributed by atoms with Crippen molar-refractivity contribution >= 4 is 22.6 Å². The van der Waals surface area contributed by atoms with Crippen molar-refractivity contribution in [1.29, 1.82) is 0 Å². The maximum Gasteiger partial charge on any atom is 0.331 e. The molecule has 3 N–H and O–H groups in total. The van der Waals surface area contributed by atoms with Gasteiger partial charge in [0.15, 0.2) is 0 Å². The van der Waals surface area contributed by atoms with Crippen LogP contribution < -0.4 is 10.6 Å². The molecule has 0 unspecified atom stereocenters. The molecule has 3 aromatic carbocycles. The third kappa shape index (κ3) is 6.64. The molecule has 1 aliphatic rings. The Balaban J connectivity index is 1.50. The summed E-state index contributed by atoms with van der Waals surface area (Å²) in [6, 6.07) is 22.5. The summed E-state index contributed by atoms with van der Waals surface area (Å²) in [7, 11) is 0. The maximum atomic E-state index is 12.0. The van der Waals surface area contributed by atoms with Crippen LogP contribution in [0.15, 0.2) is 78.4 Å². The minimum absolute atomic E-state index is 0.00560. The molecule has 3 aromatic rings. The van der Waals surface area contributed by atoms with E-state index in [1.165, 1.54) is 17.7 Å². The number of carboxylic acid groups (broad SMARTS) is 1. The largest absolute Gasteiger partial charge is 0.478 e. The summed E-state index contributed by atoms with van der Waals surface area (Å²) in [6.45, 7) is 6.11. The number of carboxylic acids is 1. The van der Waals surface area contributed by atoms with Gasteiger partial charge in [-0.25, -0.2) is 4.79 Å². The van der Waals surface area contributed by atoms with E-state index in [-0.39, 0.29) is 24.1 Å². The number of fused-ring (bicyclic) bond motifs is 1. The van der Waals surface area contributed by atoms with Crippen LogP contribution in [0.5, 0.6) is 0 Å². The van der Waals surface area contributed by atoms with Gasteiger partial charge in [-0.15, -0.1) is 0 Å². The highest BCUT2D eigenvalue weighted by molar-refractivity contribution is 5.88. The number of nitrogens with one attached hydrogen (secondary N) is 2. The standard InChI is InChI=1S/C31H36N2O4/c1-4-27(5-2)37-29-18-26(31(35)36)17-28(30(29)33-20(3)34)32-19-21-10-12-23(13-11-21)25-15-14-22-8-6-7-9-24(22)16-25/h6-16,18,27-30,32H,4-5,17,19H2,1-3H3,(H,33,34)(H,35,36)/t28-,29+,30+/m0/s1. The van der Waals surface area contributed by atoms with Crippen molar-refractivity contribution in [1.82, 2.24) is 10.6 Å². The summed E-state index contributed by atoms with van der Waals surface area (Å²) < 4.78 is 6.27. The number of benzene rings is 3. The first-order valence-electron chi connectivity index (χ1n) is 13.1. The van der Waals surface area contributed by atoms with Crippen LogP contribution in [0.3, 0.4) is 0 Å². The number of aliphatic carboxylic acids is 1. The van der Waals surface area contributed by atoms with E-state index in [0.717, 1.165) is 29.5 Å². The predicted octanol–water partition coefficient (Wildman–Crippen LogP) is 5.46. The molecule has 194 valence electrons. The molecule has 37 heavy (non-hydrogen) atoms. The van der Waals surface area contributed by atoms with E-state index in [2.05, 4.69) is 65.2 Å². The quantitative estimate of drug-likeness (QED) is 0.344. The van der Waals surface area contributed by atoms with Gasteiger partial charge in [-0.1, -0.05) is 74.5 Å². The molecule has 6 heteroatoms. The second kappa shape index (κ2) is 12.2. The normalized spacial score (nSPS) is 19.6. The fraction of sp³-hybridized carbons (Fsp3) is 0.355. The molecule has 0 bridgehead atoms. The Hall–Kier alpha value is -3.48. The molecule has 0 aromatic heterocycles. The van der Waals surface area contributed by atoms with Crippen molar-refractivity contribution in [2.45, 2.75) is 70.9 Å².